The van der Waals surface area contributed by atoms with Crippen LogP contribution in [0.2, 0.25) is 0 Å². The van der Waals surface area contributed by atoms with Crippen LogP contribution in [-0.4, -0.2) is 111 Å². The molecule has 0 aromatic heterocycles. The van der Waals surface area contributed by atoms with Gasteiger partial charge in [0, 0.05) is 74.5 Å². The van der Waals surface area contributed by atoms with E-state index in [2.05, 4.69) is 117 Å². The lowest BCUT2D eigenvalue weighted by molar-refractivity contribution is -0.135. The summed E-state index contributed by atoms with van der Waals surface area (Å²) >= 11 is 0. The number of carbonyl (C=O) groups is 5. The van der Waals surface area contributed by atoms with Crippen molar-refractivity contribution in [2.75, 3.05) is 69.7 Å². The van der Waals surface area contributed by atoms with Crippen molar-refractivity contribution in [1.82, 2.24) is 20.4 Å². The van der Waals surface area contributed by atoms with Crippen LogP contribution in [0.1, 0.15) is 449 Å². The first-order chi connectivity index (χ1) is 72.9. The van der Waals surface area contributed by atoms with Crippen molar-refractivity contribution >= 4 is 41.0 Å². The van der Waals surface area contributed by atoms with Crippen molar-refractivity contribution in [3.63, 3.8) is 0 Å². The van der Waals surface area contributed by atoms with E-state index >= 15 is 0 Å². The molecule has 0 bridgehead atoms. The van der Waals surface area contributed by atoms with Gasteiger partial charge in [0.15, 0.2) is 0 Å². The Morgan fingerprint density at radius 3 is 1.17 bits per heavy atom. The number of anilines is 2. The van der Waals surface area contributed by atoms with E-state index in [-0.39, 0.29) is 23.8 Å². The van der Waals surface area contributed by atoms with Crippen LogP contribution in [0.15, 0.2) is 194 Å². The van der Waals surface area contributed by atoms with Crippen LogP contribution in [0.5, 0.6) is 11.5 Å². The van der Waals surface area contributed by atoms with E-state index < -0.39 is 0 Å². The molecular weight excluding hydrogens is 1830 g/mol. The first-order valence-electron chi connectivity index (χ1n) is 60.2. The molecule has 10 fully saturated rings. The summed E-state index contributed by atoms with van der Waals surface area (Å²) in [4.78, 5) is 59.6. The number of ether oxygens (including phenoxy) is 4. The predicted molar refractivity (Wildman–Crippen MR) is 638 cm³/mol. The van der Waals surface area contributed by atoms with Crippen molar-refractivity contribution in [3.05, 3.63) is 261 Å². The molecule has 1 atom stereocenters. The van der Waals surface area contributed by atoms with E-state index in [1.807, 2.05) is 282 Å². The fourth-order valence-electron chi connectivity index (χ4n) is 20.0. The van der Waals surface area contributed by atoms with Crippen molar-refractivity contribution in [2.45, 2.75) is 449 Å². The number of para-hydroxylation sites is 4. The van der Waals surface area contributed by atoms with Crippen LogP contribution in [0, 0.1) is 16.2 Å². The summed E-state index contributed by atoms with van der Waals surface area (Å²) in [7, 11) is 0. The lowest BCUT2D eigenvalue weighted by atomic mass is 10.0. The van der Waals surface area contributed by atoms with Gasteiger partial charge in [0.05, 0.1) is 38.4 Å². The summed E-state index contributed by atoms with van der Waals surface area (Å²) in [6, 6.07) is 66.4. The Labute approximate surface area is 906 Å². The predicted octanol–water partition coefficient (Wildman–Crippen LogP) is 35.0. The minimum absolute atomic E-state index is 0.0619. The average molecular weight is 2040 g/mol. The number of fused-ring (bicyclic) bond motifs is 10. The molecule has 15 nitrogen and oxygen atoms in total. The summed E-state index contributed by atoms with van der Waals surface area (Å²) in [5, 5.41) is 12.3. The number of hydrogen-bond donors (Lipinski definition) is 4. The van der Waals surface area contributed by atoms with Gasteiger partial charge in [-0.05, 0) is 308 Å². The Balaban J connectivity index is 0.000000788. The molecular formula is C133H214N6O9. The van der Waals surface area contributed by atoms with Crippen LogP contribution in [0.25, 0.3) is 0 Å². The Kier molecular flexibility index (Phi) is 79.5. The quantitative estimate of drug-likeness (QED) is 0.0836. The maximum absolute atomic E-state index is 11.2. The molecule has 4 N–H and O–H groups in total. The molecule has 830 valence electrons. The van der Waals surface area contributed by atoms with Gasteiger partial charge < -0.3 is 50.0 Å². The fourth-order valence-corrected chi connectivity index (χ4v) is 20.0. The number of nitrogens with zero attached hydrogens (tertiary/aromatic N) is 2. The van der Waals surface area contributed by atoms with E-state index in [4.69, 9.17) is 18.9 Å². The van der Waals surface area contributed by atoms with Gasteiger partial charge in [0.2, 0.25) is 11.8 Å². The Morgan fingerprint density at radius 2 is 0.689 bits per heavy atom. The van der Waals surface area contributed by atoms with E-state index in [1.54, 1.807) is 83.1 Å². The van der Waals surface area contributed by atoms with Crippen molar-refractivity contribution in [2.24, 2.45) is 16.2 Å². The molecule has 3 amide bonds. The van der Waals surface area contributed by atoms with Gasteiger partial charge in [-0.15, -0.1) is 0 Å². The van der Waals surface area contributed by atoms with Gasteiger partial charge in [-0.1, -0.05) is 376 Å². The molecule has 6 aliphatic carbocycles. The largest absolute Gasteiger partial charge is 0.493 e. The molecule has 18 aliphatic rings. The first kappa shape index (κ1) is 137. The molecule has 12 aliphatic heterocycles. The highest BCUT2D eigenvalue weighted by atomic mass is 16.5. The van der Waals surface area contributed by atoms with Gasteiger partial charge in [-0.2, -0.15) is 0 Å². The number of benzene rings is 8. The van der Waals surface area contributed by atoms with Gasteiger partial charge in [0.25, 0.3) is 5.91 Å². The van der Waals surface area contributed by atoms with Gasteiger partial charge in [-0.3, -0.25) is 19.2 Å². The Bertz CT molecular complexity index is 4150. The van der Waals surface area contributed by atoms with Gasteiger partial charge in [0.1, 0.15) is 11.5 Å². The molecule has 148 heavy (non-hydrogen) atoms. The summed E-state index contributed by atoms with van der Waals surface area (Å²) < 4.78 is 20.6. The highest BCUT2D eigenvalue weighted by Gasteiger charge is 2.46. The fraction of sp³-hybridized carbons (Fsp3) is 0.602. The third-order valence-corrected chi connectivity index (χ3v) is 27.9. The average Bonchev–Trinajstić information content (AvgIpc) is 1.65. The highest BCUT2D eigenvalue weighted by molar-refractivity contribution is 5.96. The van der Waals surface area contributed by atoms with Crippen molar-refractivity contribution < 1.29 is 42.9 Å². The van der Waals surface area contributed by atoms with Crippen LogP contribution in [0.4, 0.5) is 11.4 Å². The maximum atomic E-state index is 11.2. The van der Waals surface area contributed by atoms with Crippen LogP contribution >= 0.6 is 0 Å². The minimum Gasteiger partial charge on any atom is -0.493 e. The molecule has 4 saturated heterocycles. The molecule has 15 heteroatoms. The zero-order valence-electron chi connectivity index (χ0n) is 98.8. The van der Waals surface area contributed by atoms with Crippen molar-refractivity contribution in [1.29, 1.82) is 0 Å². The molecule has 6 saturated carbocycles. The maximum Gasteiger partial charge on any atom is 0.338 e. The van der Waals surface area contributed by atoms with E-state index in [0.29, 0.717) is 31.4 Å². The zero-order valence-corrected chi connectivity index (χ0v) is 98.8. The van der Waals surface area contributed by atoms with Crippen LogP contribution < -0.4 is 30.7 Å². The SMILES string of the molecule is C1CC2CCCN2C1.C1CCC2(C1)CC2.C1CCC2(C1)CC2.C1CCC2(C1)CC2.CC.CC.CC.CC.CC.CC.CC.CC.CC.CC.CC.CC.CC.O=C1CCC2CCCN12.O=C1CCc2ccccc2N1.O=C1CCc2ccccc2O1.O=C1NCCc2ccccc21.O=C1OCCc2ccccc21.c1ccc2c(c1)CCCN2.c1ccc2c(c1)CCCO2.c1ccc2c(c1)CCNC2.c1ccc2c(c1)CCOC2. The second-order valence-electron chi connectivity index (χ2n) is 36.5. The number of aryl methyl sites for hydroxylation is 4. The summed E-state index contributed by atoms with van der Waals surface area (Å²) in [6.45, 7) is 63.0. The zero-order chi connectivity index (χ0) is 110. The minimum atomic E-state index is -0.188. The summed E-state index contributed by atoms with van der Waals surface area (Å²) in [6.07, 6.45) is 50.0. The Morgan fingerprint density at radius 1 is 0.284 bits per heavy atom. The third-order valence-electron chi connectivity index (χ3n) is 27.9. The number of nitrogens with one attached hydrogen (secondary N) is 4. The lowest BCUT2D eigenvalue weighted by Crippen LogP contribution is -2.31. The summed E-state index contributed by atoms with van der Waals surface area (Å²) in [5.74, 6) is 2.07. The second-order valence-corrected chi connectivity index (χ2v) is 36.5. The number of cyclic esters (lactones) is 1. The highest BCUT2D eigenvalue weighted by Crippen LogP contribution is 2.59. The number of rotatable bonds is 0. The number of hydrogen-bond acceptors (Lipinski definition) is 12. The van der Waals surface area contributed by atoms with E-state index in [0.717, 1.165) is 171 Å². The number of carbonyl (C=O) groups excluding carboxylic acids is 5. The molecule has 1 unspecified atom stereocenters. The molecule has 0 radical (unpaired) electrons. The summed E-state index contributed by atoms with van der Waals surface area (Å²) in [5.41, 5.74) is 19.9. The van der Waals surface area contributed by atoms with Crippen molar-refractivity contribution in [3.8, 4) is 11.5 Å². The molecule has 8 aromatic carbocycles. The number of amides is 3. The van der Waals surface area contributed by atoms with E-state index in [1.165, 1.54) is 160 Å². The topological polar surface area (TPSA) is 177 Å². The molecule has 12 heterocycles. The molecule has 3 spiro atoms. The second kappa shape index (κ2) is 86.2. The number of esters is 2. The Hall–Kier alpha value is -9.41. The normalized spacial score (nSPS) is 18.1. The third kappa shape index (κ3) is 51.1. The standard InChI is InChI=1S/2C9H9NO.2C9H11N.2C9H8O2.2C9H10O.C7H11NO.C7H13N.3C7H12.13C2H6/c11-9-8-4-2-1-3-7(8)5-6-10-9;11-9-6-5-7-3-1-2-4-8(7)10-9;1-2-6-9-8(4-1)5-3-7-10-9;1-2-4-9-7-10-6-5-8(9)3-1;10-9-8-4-2-1-3-7(8)5-6-11-9;10-9-6-5-7-3-1-2-4-8(7)11-9;1-2-6-9-8(4-1)5-3-7-10-9;1-2-4-9-7-10-6-5-8(9)3-1;9-7-4-3-6-2-1-5-8(6)7;1-3-7-4-2-6-8(7)5-1;3*1-2-4-7(3-1)5-6-7;13*1-2/h2*1-4H,5-6H2,(H,10,11);1-2,4,6,10H,3,5,7H2;1-4,10H,5-7H2;2*1-4H,5-6H2;1-2,4,6H,3,5,7H2;1-4H,5-7H2;6H,1-5H2;7H,1-6H2;3*1-6H2;13*1-2H3. The van der Waals surface area contributed by atoms with Gasteiger partial charge >= 0.3 is 11.9 Å². The van der Waals surface area contributed by atoms with E-state index in [9.17, 15) is 24.0 Å². The van der Waals surface area contributed by atoms with Crippen LogP contribution in [0.3, 0.4) is 0 Å². The lowest BCUT2D eigenvalue weighted by Gasteiger charge is -2.16. The van der Waals surface area contributed by atoms with Crippen LogP contribution in [-0.2, 0) is 88.4 Å². The smallest absolute Gasteiger partial charge is 0.338 e. The monoisotopic (exact) mass is 2040 g/mol. The first-order valence-corrected chi connectivity index (χ1v) is 60.2. The van der Waals surface area contributed by atoms with Gasteiger partial charge in [-0.25, -0.2) is 4.79 Å². The molecule has 26 rings (SSSR count). The molecule has 8 aromatic rings.